The topological polar surface area (TPSA) is 189 Å². The van der Waals surface area contributed by atoms with E-state index in [0.717, 1.165) is 51.4 Å². The van der Waals surface area contributed by atoms with Crippen LogP contribution in [-0.4, -0.2) is 105 Å². The number of thiazole rings is 1. The van der Waals surface area contributed by atoms with Crippen LogP contribution in [0.5, 0.6) is 5.75 Å². The minimum atomic E-state index is -3.53. The summed E-state index contributed by atoms with van der Waals surface area (Å²) in [6, 6.07) is 18.3. The molecule has 0 saturated carbocycles. The number of β-amino-alcohol motifs (C(OH)–C–C–N with tert-alkyl or cyclic N) is 1. The summed E-state index contributed by atoms with van der Waals surface area (Å²) >= 11 is 8.20. The van der Waals surface area contributed by atoms with Crippen molar-refractivity contribution >= 4 is 56.3 Å². The second-order valence-corrected chi connectivity index (χ2v) is 26.3. The number of ketones is 1. The summed E-state index contributed by atoms with van der Waals surface area (Å²) in [5.41, 5.74) is 8.61. The number of likely N-dealkylation sites (tertiary alicyclic amines) is 2. The highest BCUT2D eigenvalue weighted by Gasteiger charge is 2.44. The Labute approximate surface area is 464 Å². The highest BCUT2D eigenvalue weighted by atomic mass is 35.5. The molecule has 0 aliphatic carbocycles. The van der Waals surface area contributed by atoms with Gasteiger partial charge in [0.1, 0.15) is 23.4 Å². The molecule has 2 aromatic heterocycles. The minimum Gasteiger partial charge on any atom is -0.491 e. The van der Waals surface area contributed by atoms with Crippen molar-refractivity contribution in [2.24, 2.45) is 11.3 Å². The number of hydrogen-bond donors (Lipinski definition) is 2. The Bertz CT molecular complexity index is 3000. The van der Waals surface area contributed by atoms with Gasteiger partial charge < -0.3 is 25.0 Å². The second-order valence-electron chi connectivity index (χ2n) is 22.6. The number of nitrogens with one attached hydrogen (secondary N) is 1. The Morgan fingerprint density at radius 1 is 0.909 bits per heavy atom. The number of aryl methyl sites for hydroxylation is 2. The van der Waals surface area contributed by atoms with E-state index in [1.165, 1.54) is 10.5 Å². The molecule has 3 atom stereocenters. The normalized spacial score (nSPS) is 16.8. The Morgan fingerprint density at radius 3 is 2.27 bits per heavy atom. The first-order valence-corrected chi connectivity index (χ1v) is 30.0. The van der Waals surface area contributed by atoms with Crippen molar-refractivity contribution in [3.05, 3.63) is 122 Å². The van der Waals surface area contributed by atoms with Crippen LogP contribution in [0.15, 0.2) is 77.3 Å². The SMILES string of the molecule is Cc1cc(Cc2ncc(Cl)c(Cc3ccccc3S(=O)(=O)C(C)C)n2)c(OC(C)C)cc1C1CCN(C(=O)CCCCCC(=O)C[C@H](C(=O)N2C[C@H](O)C[C@H]2C(=O)NCc2ccc(-c3scnc3C)cc2)C(C)(C)C)CC1. The number of Topliss-reactive ketones (excluding diaryl/α,β-unsaturated/α-hetero) is 1. The van der Waals surface area contributed by atoms with E-state index in [1.54, 1.807) is 49.6 Å². The number of sulfone groups is 1. The van der Waals surface area contributed by atoms with Crippen molar-refractivity contribution in [3.8, 4) is 16.2 Å². The van der Waals surface area contributed by atoms with E-state index in [0.29, 0.717) is 73.7 Å². The fourth-order valence-electron chi connectivity index (χ4n) is 10.5. The maximum absolute atomic E-state index is 14.2. The van der Waals surface area contributed by atoms with Crippen molar-refractivity contribution < 1.29 is 37.4 Å². The lowest BCUT2D eigenvalue weighted by molar-refractivity contribution is -0.146. The number of carbonyl (C=O) groups excluding carboxylic acids is 4. The summed E-state index contributed by atoms with van der Waals surface area (Å²) in [5.74, 6) is 0.326. The third-order valence-electron chi connectivity index (χ3n) is 15.0. The van der Waals surface area contributed by atoms with Crippen LogP contribution in [0.25, 0.3) is 10.4 Å². The molecular weight excluding hydrogens is 1030 g/mol. The van der Waals surface area contributed by atoms with E-state index in [-0.39, 0.29) is 72.8 Å². The molecule has 5 aromatic rings. The molecule has 2 saturated heterocycles. The highest BCUT2D eigenvalue weighted by Crippen LogP contribution is 2.38. The maximum Gasteiger partial charge on any atom is 0.243 e. The quantitative estimate of drug-likeness (QED) is 0.0628. The molecule has 414 valence electrons. The molecule has 2 fully saturated rings. The van der Waals surface area contributed by atoms with Gasteiger partial charge in [0.2, 0.25) is 17.7 Å². The summed E-state index contributed by atoms with van der Waals surface area (Å²) < 4.78 is 32.8. The van der Waals surface area contributed by atoms with Crippen LogP contribution in [0.3, 0.4) is 0 Å². The molecule has 14 nitrogen and oxygen atoms in total. The molecule has 2 N–H and O–H groups in total. The molecule has 0 spiro atoms. The number of aliphatic hydroxyl groups excluding tert-OH is 1. The van der Waals surface area contributed by atoms with E-state index < -0.39 is 38.6 Å². The molecular formula is C60H77ClN6O8S2. The van der Waals surface area contributed by atoms with Gasteiger partial charge in [-0.25, -0.2) is 23.4 Å². The average molecular weight is 1110 g/mol. The largest absolute Gasteiger partial charge is 0.491 e. The number of benzene rings is 3. The molecule has 0 unspecified atom stereocenters. The van der Waals surface area contributed by atoms with Crippen LogP contribution < -0.4 is 10.1 Å². The molecule has 2 aliphatic heterocycles. The van der Waals surface area contributed by atoms with Crippen LogP contribution in [0, 0.1) is 25.2 Å². The molecule has 77 heavy (non-hydrogen) atoms. The van der Waals surface area contributed by atoms with Gasteiger partial charge in [0.15, 0.2) is 9.84 Å². The van der Waals surface area contributed by atoms with Gasteiger partial charge in [-0.15, -0.1) is 11.3 Å². The summed E-state index contributed by atoms with van der Waals surface area (Å²) in [6.07, 6.45) is 5.75. The molecule has 17 heteroatoms. The van der Waals surface area contributed by atoms with E-state index in [4.69, 9.17) is 21.3 Å². The highest BCUT2D eigenvalue weighted by molar-refractivity contribution is 7.92. The smallest absolute Gasteiger partial charge is 0.243 e. The van der Waals surface area contributed by atoms with Crippen LogP contribution in [-0.2, 0) is 48.4 Å². The second kappa shape index (κ2) is 25.9. The van der Waals surface area contributed by atoms with Crippen molar-refractivity contribution in [1.82, 2.24) is 30.1 Å². The lowest BCUT2D eigenvalue weighted by Gasteiger charge is -2.34. The number of amides is 3. The molecule has 4 heterocycles. The third-order valence-corrected chi connectivity index (χ3v) is 18.5. The van der Waals surface area contributed by atoms with Gasteiger partial charge in [-0.2, -0.15) is 0 Å². The molecule has 2 aliphatic rings. The van der Waals surface area contributed by atoms with E-state index >= 15 is 0 Å². The minimum absolute atomic E-state index is 0.0299. The molecule has 3 aromatic carbocycles. The molecule has 3 amide bonds. The monoisotopic (exact) mass is 1110 g/mol. The lowest BCUT2D eigenvalue weighted by Crippen LogP contribution is -2.50. The fraction of sp³-hybridized carbons (Fsp3) is 0.517. The number of rotatable bonds is 22. The fourth-order valence-corrected chi connectivity index (χ4v) is 12.8. The Balaban J connectivity index is 0.871. The first-order valence-electron chi connectivity index (χ1n) is 27.2. The van der Waals surface area contributed by atoms with Gasteiger partial charge >= 0.3 is 0 Å². The number of aromatic nitrogens is 3. The zero-order chi connectivity index (χ0) is 55.8. The first-order chi connectivity index (χ1) is 36.5. The summed E-state index contributed by atoms with van der Waals surface area (Å²) in [6.45, 7) is 18.8. The number of piperidine rings is 1. The van der Waals surface area contributed by atoms with Crippen molar-refractivity contribution in [2.45, 2.75) is 174 Å². The number of nitrogens with zero attached hydrogens (tertiary/aromatic N) is 5. The molecule has 0 radical (unpaired) electrons. The van der Waals surface area contributed by atoms with E-state index in [1.807, 2.05) is 82.3 Å². The van der Waals surface area contributed by atoms with E-state index in [9.17, 15) is 32.7 Å². The molecule has 0 bridgehead atoms. The predicted molar refractivity (Wildman–Crippen MR) is 303 cm³/mol. The molecule has 7 rings (SSSR count). The van der Waals surface area contributed by atoms with Gasteiger partial charge in [-0.1, -0.05) is 87.3 Å². The first kappa shape index (κ1) is 59.1. The van der Waals surface area contributed by atoms with Crippen LogP contribution in [0.2, 0.25) is 5.02 Å². The number of halogens is 1. The van der Waals surface area contributed by atoms with Gasteiger partial charge in [-0.05, 0) is 119 Å². The maximum atomic E-state index is 14.2. The number of unbranched alkanes of at least 4 members (excludes halogenated alkanes) is 2. The van der Waals surface area contributed by atoms with Crippen molar-refractivity contribution in [3.63, 3.8) is 0 Å². The zero-order valence-corrected chi connectivity index (χ0v) is 48.6. The Morgan fingerprint density at radius 2 is 1.61 bits per heavy atom. The van der Waals surface area contributed by atoms with Gasteiger partial charge in [0.05, 0.1) is 49.2 Å². The number of hydrogen-bond acceptors (Lipinski definition) is 12. The van der Waals surface area contributed by atoms with Gasteiger partial charge in [0, 0.05) is 82.4 Å². The Kier molecular flexibility index (Phi) is 19.9. The van der Waals surface area contributed by atoms with Crippen LogP contribution in [0.4, 0.5) is 0 Å². The van der Waals surface area contributed by atoms with Crippen LogP contribution in [0.1, 0.15) is 157 Å². The van der Waals surface area contributed by atoms with Crippen LogP contribution >= 0.6 is 22.9 Å². The third kappa shape index (κ3) is 15.2. The Hall–Kier alpha value is -5.55. The summed E-state index contributed by atoms with van der Waals surface area (Å²) in [4.78, 5) is 73.2. The average Bonchev–Trinajstić information content (AvgIpc) is 4.01. The van der Waals surface area contributed by atoms with Gasteiger partial charge in [0.25, 0.3) is 0 Å². The summed E-state index contributed by atoms with van der Waals surface area (Å²) in [7, 11) is -3.53. The predicted octanol–water partition coefficient (Wildman–Crippen LogP) is 10.6. The van der Waals surface area contributed by atoms with Crippen molar-refractivity contribution in [1.29, 1.82) is 0 Å². The summed E-state index contributed by atoms with van der Waals surface area (Å²) in [5, 5.41) is 13.4. The number of aliphatic hydroxyl groups is 1. The van der Waals surface area contributed by atoms with Gasteiger partial charge in [-0.3, -0.25) is 19.2 Å². The standard InChI is InChI=1S/C60H77ClN6O8S2/c1-37(2)75-53-32-48(39(5)27-45(53)29-55-62-34-50(61)51(65-55)28-44-15-13-14-17-54(44)77(73,74)38(3)4)42-23-25-66(26-24-42)56(70)18-12-10-11-16-46(68)30-49(60(7,8)9)59(72)67-35-47(69)31-52(67)58(71)63-33-41-19-21-43(22-20-41)57-40(6)64-36-76-57/h13-15,17,19-22,27,32,34,36-38,42,47,49,52,69H,10-12,16,18,23-26,28-31,33,35H2,1-9H3,(H,63,71)/t47-,49-,52+/m1/s1. The van der Waals surface area contributed by atoms with Crippen molar-refractivity contribution in [2.75, 3.05) is 19.6 Å². The zero-order valence-electron chi connectivity index (χ0n) is 46.2. The van der Waals surface area contributed by atoms with E-state index in [2.05, 4.69) is 34.3 Å². The lowest BCUT2D eigenvalue weighted by atomic mass is 9.76. The number of ether oxygens (including phenoxy) is 1. The number of carbonyl (C=O) groups is 4.